The fourth-order valence-electron chi connectivity index (χ4n) is 1.48. The zero-order valence-electron chi connectivity index (χ0n) is 8.98. The van der Waals surface area contributed by atoms with E-state index < -0.39 is 9.84 Å². The molecule has 6 heteroatoms. The Bertz CT molecular complexity index is 474. The minimum Gasteiger partial charge on any atom is -0.330 e. The summed E-state index contributed by atoms with van der Waals surface area (Å²) in [6.45, 7) is 0.427. The van der Waals surface area contributed by atoms with E-state index in [0.717, 1.165) is 4.47 Å². The molecule has 0 bridgehead atoms. The molecule has 16 heavy (non-hydrogen) atoms. The fraction of sp³-hybridized carbons (Fsp3) is 0.400. The summed E-state index contributed by atoms with van der Waals surface area (Å²) in [5.74, 6) is 0. The molecule has 1 unspecified atom stereocenters. The largest absolute Gasteiger partial charge is 0.330 e. The Labute approximate surface area is 104 Å². The average Bonchev–Trinajstić information content (AvgIpc) is 2.16. The molecule has 0 amide bonds. The minimum atomic E-state index is -3.26. The summed E-state index contributed by atoms with van der Waals surface area (Å²) in [6, 6.07) is 4.63. The number of hydrogen-bond donors (Lipinski definition) is 2. The molecule has 90 valence electrons. The van der Waals surface area contributed by atoms with E-state index in [9.17, 15) is 8.42 Å². The molecule has 1 aromatic rings. The van der Waals surface area contributed by atoms with Gasteiger partial charge in [0.2, 0.25) is 0 Å². The minimum absolute atomic E-state index is 0.275. The van der Waals surface area contributed by atoms with Gasteiger partial charge in [0.25, 0.3) is 0 Å². The summed E-state index contributed by atoms with van der Waals surface area (Å²) in [5.41, 5.74) is 11.9. The summed E-state index contributed by atoms with van der Waals surface area (Å²) in [5, 5.41) is 0. The topological polar surface area (TPSA) is 86.2 Å². The van der Waals surface area contributed by atoms with Gasteiger partial charge < -0.3 is 11.5 Å². The van der Waals surface area contributed by atoms with Gasteiger partial charge in [0.05, 0.1) is 4.90 Å². The summed E-state index contributed by atoms with van der Waals surface area (Å²) in [6.07, 6.45) is 1.73. The van der Waals surface area contributed by atoms with Crippen LogP contribution < -0.4 is 11.5 Å². The highest BCUT2D eigenvalue weighted by molar-refractivity contribution is 9.10. The lowest BCUT2D eigenvalue weighted by Gasteiger charge is -2.15. The molecule has 0 aliphatic carbocycles. The van der Waals surface area contributed by atoms with Crippen LogP contribution in [0.1, 0.15) is 18.0 Å². The van der Waals surface area contributed by atoms with Gasteiger partial charge >= 0.3 is 0 Å². The van der Waals surface area contributed by atoms with Gasteiger partial charge in [0, 0.05) is 16.8 Å². The van der Waals surface area contributed by atoms with Crippen molar-refractivity contribution >= 4 is 25.8 Å². The van der Waals surface area contributed by atoms with Gasteiger partial charge in [0.1, 0.15) is 0 Å². The standard InChI is InChI=1S/C10H15BrN2O2S/c1-16(14,15)10-3-2-7(11)6-8(10)9(13)4-5-12/h2-3,6,9H,4-5,12-13H2,1H3. The van der Waals surface area contributed by atoms with Gasteiger partial charge in [0.15, 0.2) is 9.84 Å². The highest BCUT2D eigenvalue weighted by atomic mass is 79.9. The van der Waals surface area contributed by atoms with Crippen LogP contribution in [0, 0.1) is 0 Å². The van der Waals surface area contributed by atoms with Crippen LogP contribution in [-0.4, -0.2) is 21.2 Å². The molecule has 0 radical (unpaired) electrons. The van der Waals surface area contributed by atoms with Crippen molar-refractivity contribution in [3.63, 3.8) is 0 Å². The highest BCUT2D eigenvalue weighted by Gasteiger charge is 2.17. The van der Waals surface area contributed by atoms with Crippen LogP contribution in [0.25, 0.3) is 0 Å². The van der Waals surface area contributed by atoms with Crippen LogP contribution in [0.2, 0.25) is 0 Å². The van der Waals surface area contributed by atoms with Gasteiger partial charge in [-0.2, -0.15) is 0 Å². The van der Waals surface area contributed by atoms with Crippen molar-refractivity contribution < 1.29 is 8.42 Å². The Hall–Kier alpha value is -0.430. The van der Waals surface area contributed by atoms with E-state index in [4.69, 9.17) is 11.5 Å². The second-order valence-electron chi connectivity index (χ2n) is 3.64. The maximum Gasteiger partial charge on any atom is 0.175 e. The Morgan fingerprint density at radius 2 is 2.06 bits per heavy atom. The molecule has 0 fully saturated rings. The number of sulfone groups is 1. The molecule has 4 N–H and O–H groups in total. The first-order valence-corrected chi connectivity index (χ1v) is 7.50. The Morgan fingerprint density at radius 1 is 1.44 bits per heavy atom. The van der Waals surface area contributed by atoms with E-state index in [1.54, 1.807) is 18.2 Å². The number of hydrogen-bond acceptors (Lipinski definition) is 4. The Morgan fingerprint density at radius 3 is 2.56 bits per heavy atom. The Kier molecular flexibility index (Phi) is 4.49. The van der Waals surface area contributed by atoms with E-state index in [2.05, 4.69) is 15.9 Å². The van der Waals surface area contributed by atoms with Crippen molar-refractivity contribution in [2.75, 3.05) is 12.8 Å². The molecule has 1 atom stereocenters. The lowest BCUT2D eigenvalue weighted by atomic mass is 10.1. The van der Waals surface area contributed by atoms with Crippen LogP contribution in [-0.2, 0) is 9.84 Å². The van der Waals surface area contributed by atoms with Gasteiger partial charge in [-0.3, -0.25) is 0 Å². The molecule has 0 aromatic heterocycles. The van der Waals surface area contributed by atoms with E-state index in [1.165, 1.54) is 6.26 Å². The van der Waals surface area contributed by atoms with Crippen molar-refractivity contribution in [2.45, 2.75) is 17.4 Å². The SMILES string of the molecule is CS(=O)(=O)c1ccc(Br)cc1C(N)CCN. The van der Waals surface area contributed by atoms with Crippen LogP contribution >= 0.6 is 15.9 Å². The molecule has 0 saturated heterocycles. The van der Waals surface area contributed by atoms with Crippen LogP contribution in [0.15, 0.2) is 27.6 Å². The summed E-state index contributed by atoms with van der Waals surface area (Å²) < 4.78 is 24.0. The Balaban J connectivity index is 3.29. The first kappa shape index (κ1) is 13.6. The average molecular weight is 307 g/mol. The third-order valence-electron chi connectivity index (χ3n) is 2.25. The second-order valence-corrected chi connectivity index (χ2v) is 6.54. The molecule has 1 aromatic carbocycles. The molecule has 0 aliphatic heterocycles. The quantitative estimate of drug-likeness (QED) is 0.875. The van der Waals surface area contributed by atoms with Crippen LogP contribution in [0.3, 0.4) is 0 Å². The normalized spacial score (nSPS) is 13.8. The van der Waals surface area contributed by atoms with Crippen LogP contribution in [0.4, 0.5) is 0 Å². The van der Waals surface area contributed by atoms with E-state index in [1.807, 2.05) is 0 Å². The summed E-state index contributed by atoms with van der Waals surface area (Å²) in [7, 11) is -3.26. The zero-order chi connectivity index (χ0) is 12.3. The lowest BCUT2D eigenvalue weighted by molar-refractivity contribution is 0.594. The maximum atomic E-state index is 11.6. The first-order chi connectivity index (χ1) is 7.36. The number of halogens is 1. The van der Waals surface area contributed by atoms with Crippen molar-refractivity contribution in [1.82, 2.24) is 0 Å². The third kappa shape index (κ3) is 3.28. The van der Waals surface area contributed by atoms with Gasteiger partial charge in [-0.1, -0.05) is 15.9 Å². The van der Waals surface area contributed by atoms with Gasteiger partial charge in [-0.15, -0.1) is 0 Å². The molecule has 0 saturated carbocycles. The molecule has 0 heterocycles. The molecule has 1 rings (SSSR count). The molecule has 0 aliphatic rings. The molecule has 0 spiro atoms. The number of benzene rings is 1. The number of rotatable bonds is 4. The predicted octanol–water partition coefficient (Wildman–Crippen LogP) is 1.20. The lowest BCUT2D eigenvalue weighted by Crippen LogP contribution is -2.18. The van der Waals surface area contributed by atoms with E-state index in [-0.39, 0.29) is 10.9 Å². The van der Waals surface area contributed by atoms with Gasteiger partial charge in [-0.25, -0.2) is 8.42 Å². The van der Waals surface area contributed by atoms with Crippen molar-refractivity contribution in [2.24, 2.45) is 11.5 Å². The molecule has 4 nitrogen and oxygen atoms in total. The fourth-order valence-corrected chi connectivity index (χ4v) is 2.81. The molecular weight excluding hydrogens is 292 g/mol. The summed E-state index contributed by atoms with van der Waals surface area (Å²) in [4.78, 5) is 0.275. The van der Waals surface area contributed by atoms with Crippen molar-refractivity contribution in [3.05, 3.63) is 28.2 Å². The smallest absolute Gasteiger partial charge is 0.175 e. The molecular formula is C10H15BrN2O2S. The van der Waals surface area contributed by atoms with Crippen molar-refractivity contribution in [1.29, 1.82) is 0 Å². The van der Waals surface area contributed by atoms with Crippen LogP contribution in [0.5, 0.6) is 0 Å². The monoisotopic (exact) mass is 306 g/mol. The van der Waals surface area contributed by atoms with Crippen molar-refractivity contribution in [3.8, 4) is 0 Å². The third-order valence-corrected chi connectivity index (χ3v) is 3.91. The first-order valence-electron chi connectivity index (χ1n) is 4.81. The van der Waals surface area contributed by atoms with E-state index in [0.29, 0.717) is 18.5 Å². The maximum absolute atomic E-state index is 11.6. The zero-order valence-corrected chi connectivity index (χ0v) is 11.4. The van der Waals surface area contributed by atoms with Gasteiger partial charge in [-0.05, 0) is 36.7 Å². The summed E-state index contributed by atoms with van der Waals surface area (Å²) >= 11 is 3.30. The van der Waals surface area contributed by atoms with E-state index >= 15 is 0 Å². The predicted molar refractivity (Wildman–Crippen MR) is 67.9 cm³/mol. The second kappa shape index (κ2) is 5.27. The number of nitrogens with two attached hydrogens (primary N) is 2. The highest BCUT2D eigenvalue weighted by Crippen LogP contribution is 2.26.